The molecule has 3 N–H and O–H groups in total. The van der Waals surface area contributed by atoms with Crippen LogP contribution in [-0.4, -0.2) is 0 Å². The predicted molar refractivity (Wildman–Crippen MR) is 76.8 cm³/mol. The van der Waals surface area contributed by atoms with Crippen molar-refractivity contribution in [3.8, 4) is 0 Å². The fourth-order valence-electron chi connectivity index (χ4n) is 3.10. The summed E-state index contributed by atoms with van der Waals surface area (Å²) in [5, 5.41) is 0. The highest BCUT2D eigenvalue weighted by Crippen LogP contribution is 2.40. The molecule has 1 aromatic heterocycles. The highest BCUT2D eigenvalue weighted by Gasteiger charge is 2.31. The Bertz CT molecular complexity index is 370. The van der Waals surface area contributed by atoms with Crippen LogP contribution in [0, 0.1) is 17.8 Å². The van der Waals surface area contributed by atoms with Crippen LogP contribution >= 0.6 is 15.9 Å². The lowest BCUT2D eigenvalue weighted by Crippen LogP contribution is -2.35. The van der Waals surface area contributed by atoms with Gasteiger partial charge in [-0.05, 0) is 65.4 Å². The molecule has 2 rings (SSSR count). The minimum absolute atomic E-state index is 0.127. The van der Waals surface area contributed by atoms with Gasteiger partial charge in [-0.25, -0.2) is 5.43 Å². The van der Waals surface area contributed by atoms with Gasteiger partial charge in [-0.15, -0.1) is 0 Å². The summed E-state index contributed by atoms with van der Waals surface area (Å²) in [5.41, 5.74) is 2.94. The minimum Gasteiger partial charge on any atom is -0.466 e. The fraction of sp³-hybridized carbons (Fsp3) is 0.714. The third-order valence-electron chi connectivity index (χ3n) is 4.34. The molecule has 4 heteroatoms. The quantitative estimate of drug-likeness (QED) is 0.652. The first kappa shape index (κ1) is 14.1. The van der Waals surface area contributed by atoms with Crippen molar-refractivity contribution in [2.24, 2.45) is 23.6 Å². The van der Waals surface area contributed by atoms with Crippen molar-refractivity contribution in [2.45, 2.75) is 45.6 Å². The summed E-state index contributed by atoms with van der Waals surface area (Å²) >= 11 is 3.52. The Morgan fingerprint density at radius 1 is 1.28 bits per heavy atom. The van der Waals surface area contributed by atoms with Crippen molar-refractivity contribution in [1.82, 2.24) is 5.43 Å². The van der Waals surface area contributed by atoms with Gasteiger partial charge in [0.25, 0.3) is 0 Å². The molecule has 102 valence electrons. The first-order chi connectivity index (χ1) is 8.63. The Labute approximate surface area is 118 Å². The Balaban J connectivity index is 2.01. The van der Waals surface area contributed by atoms with Gasteiger partial charge in [-0.3, -0.25) is 5.84 Å². The van der Waals surface area contributed by atoms with Gasteiger partial charge in [-0.2, -0.15) is 0 Å². The predicted octanol–water partition coefficient (Wildman–Crippen LogP) is 4.01. The molecule has 1 unspecified atom stereocenters. The first-order valence-corrected chi connectivity index (χ1v) is 7.61. The lowest BCUT2D eigenvalue weighted by atomic mass is 9.74. The lowest BCUT2D eigenvalue weighted by molar-refractivity contribution is 0.177. The van der Waals surface area contributed by atoms with Crippen LogP contribution in [0.4, 0.5) is 0 Å². The molecule has 0 spiro atoms. The van der Waals surface area contributed by atoms with Gasteiger partial charge >= 0.3 is 0 Å². The number of hydrogen-bond acceptors (Lipinski definition) is 3. The third-order valence-corrected chi connectivity index (χ3v) is 4.99. The summed E-state index contributed by atoms with van der Waals surface area (Å²) < 4.78 is 6.57. The van der Waals surface area contributed by atoms with Gasteiger partial charge in [-0.1, -0.05) is 13.8 Å². The lowest BCUT2D eigenvalue weighted by Gasteiger charge is -2.34. The maximum Gasteiger partial charge on any atom is 0.136 e. The number of hydrazine groups is 1. The van der Waals surface area contributed by atoms with Crippen molar-refractivity contribution < 1.29 is 4.42 Å². The van der Waals surface area contributed by atoms with Crippen LogP contribution in [0.3, 0.4) is 0 Å². The van der Waals surface area contributed by atoms with Crippen molar-refractivity contribution in [1.29, 1.82) is 0 Å². The topological polar surface area (TPSA) is 51.2 Å². The Hall–Kier alpha value is -0.320. The summed E-state index contributed by atoms with van der Waals surface area (Å²) in [6.45, 7) is 4.65. The molecule has 0 radical (unpaired) electrons. The molecule has 1 aliphatic carbocycles. The average Bonchev–Trinajstić information content (AvgIpc) is 2.78. The molecule has 0 bridgehead atoms. The van der Waals surface area contributed by atoms with Crippen LogP contribution in [0.2, 0.25) is 0 Å². The molecule has 1 saturated carbocycles. The van der Waals surface area contributed by atoms with Gasteiger partial charge in [0.05, 0.1) is 16.8 Å². The molecule has 0 amide bonds. The van der Waals surface area contributed by atoms with E-state index in [1.807, 2.05) is 6.07 Å². The second kappa shape index (κ2) is 6.22. The third kappa shape index (κ3) is 2.98. The van der Waals surface area contributed by atoms with E-state index < -0.39 is 0 Å². The summed E-state index contributed by atoms with van der Waals surface area (Å²) in [5.74, 6) is 8.91. The van der Waals surface area contributed by atoms with Gasteiger partial charge in [0.15, 0.2) is 0 Å². The molecule has 18 heavy (non-hydrogen) atoms. The van der Waals surface area contributed by atoms with E-state index in [4.69, 9.17) is 10.3 Å². The van der Waals surface area contributed by atoms with Gasteiger partial charge in [0.1, 0.15) is 5.76 Å². The van der Waals surface area contributed by atoms with E-state index in [0.717, 1.165) is 22.1 Å². The van der Waals surface area contributed by atoms with Crippen LogP contribution in [0.15, 0.2) is 21.2 Å². The molecule has 0 saturated heterocycles. The number of nitrogens with two attached hydrogens (primary N) is 1. The molecular formula is C14H23BrN2O. The molecule has 1 fully saturated rings. The van der Waals surface area contributed by atoms with E-state index in [2.05, 4.69) is 35.2 Å². The summed E-state index contributed by atoms with van der Waals surface area (Å²) in [4.78, 5) is 0. The maximum absolute atomic E-state index is 5.73. The van der Waals surface area contributed by atoms with Crippen LogP contribution < -0.4 is 11.3 Å². The standard InChI is InChI=1S/C14H23BrN2O/c1-9(2)10-3-5-11(6-4-10)13(17-16)14-12(15)7-8-18-14/h7-11,13,17H,3-6,16H2,1-2H3. The highest BCUT2D eigenvalue weighted by molar-refractivity contribution is 9.10. The van der Waals surface area contributed by atoms with E-state index in [1.54, 1.807) is 6.26 Å². The van der Waals surface area contributed by atoms with Crippen LogP contribution in [0.1, 0.15) is 51.3 Å². The Morgan fingerprint density at radius 2 is 1.89 bits per heavy atom. The molecule has 0 aromatic carbocycles. The zero-order valence-corrected chi connectivity index (χ0v) is 12.7. The van der Waals surface area contributed by atoms with E-state index in [9.17, 15) is 0 Å². The smallest absolute Gasteiger partial charge is 0.136 e. The zero-order valence-electron chi connectivity index (χ0n) is 11.2. The summed E-state index contributed by atoms with van der Waals surface area (Å²) in [7, 11) is 0. The molecule has 1 aliphatic rings. The fourth-order valence-corrected chi connectivity index (χ4v) is 3.55. The molecule has 1 heterocycles. The highest BCUT2D eigenvalue weighted by atomic mass is 79.9. The number of hydrogen-bond donors (Lipinski definition) is 2. The Kier molecular flexibility index (Phi) is 4.87. The average molecular weight is 315 g/mol. The number of furan rings is 1. The normalized spacial score (nSPS) is 26.5. The van der Waals surface area contributed by atoms with Crippen molar-refractivity contribution in [3.63, 3.8) is 0 Å². The molecule has 0 aliphatic heterocycles. The minimum atomic E-state index is 0.127. The molecular weight excluding hydrogens is 292 g/mol. The maximum atomic E-state index is 5.73. The van der Waals surface area contributed by atoms with Crippen molar-refractivity contribution in [3.05, 3.63) is 22.6 Å². The SMILES string of the molecule is CC(C)C1CCC(C(NN)c2occc2Br)CC1. The summed E-state index contributed by atoms with van der Waals surface area (Å²) in [6.07, 6.45) is 6.77. The first-order valence-electron chi connectivity index (χ1n) is 6.82. The largest absolute Gasteiger partial charge is 0.466 e. The summed E-state index contributed by atoms with van der Waals surface area (Å²) in [6, 6.07) is 2.06. The second-order valence-corrected chi connectivity index (χ2v) is 6.55. The number of nitrogens with one attached hydrogen (secondary N) is 1. The monoisotopic (exact) mass is 314 g/mol. The van der Waals surface area contributed by atoms with Crippen LogP contribution in [0.25, 0.3) is 0 Å². The van der Waals surface area contributed by atoms with Gasteiger partial charge < -0.3 is 4.42 Å². The van der Waals surface area contributed by atoms with E-state index >= 15 is 0 Å². The van der Waals surface area contributed by atoms with Crippen molar-refractivity contribution >= 4 is 15.9 Å². The van der Waals surface area contributed by atoms with E-state index in [0.29, 0.717) is 5.92 Å². The van der Waals surface area contributed by atoms with E-state index in [1.165, 1.54) is 25.7 Å². The number of rotatable bonds is 4. The van der Waals surface area contributed by atoms with Gasteiger partial charge in [0, 0.05) is 0 Å². The van der Waals surface area contributed by atoms with Gasteiger partial charge in [0.2, 0.25) is 0 Å². The molecule has 1 atom stereocenters. The zero-order chi connectivity index (χ0) is 13.1. The molecule has 3 nitrogen and oxygen atoms in total. The van der Waals surface area contributed by atoms with Crippen LogP contribution in [-0.2, 0) is 0 Å². The Morgan fingerprint density at radius 3 is 2.33 bits per heavy atom. The number of halogens is 1. The van der Waals surface area contributed by atoms with E-state index in [-0.39, 0.29) is 6.04 Å². The van der Waals surface area contributed by atoms with Crippen LogP contribution in [0.5, 0.6) is 0 Å². The van der Waals surface area contributed by atoms with Crippen molar-refractivity contribution in [2.75, 3.05) is 0 Å². The molecule has 1 aromatic rings. The second-order valence-electron chi connectivity index (χ2n) is 5.70.